The largest absolute Gasteiger partial charge is 0.376 e. The van der Waals surface area contributed by atoms with Crippen molar-refractivity contribution in [2.24, 2.45) is 0 Å². The van der Waals surface area contributed by atoms with Crippen molar-refractivity contribution in [1.82, 2.24) is 14.7 Å². The number of aryl methyl sites for hydroxylation is 1. The van der Waals surface area contributed by atoms with Crippen LogP contribution in [0.4, 0.5) is 0 Å². The fourth-order valence-corrected chi connectivity index (χ4v) is 5.34. The molecule has 1 aromatic heterocycles. The smallest absolute Gasteiger partial charge is 0.233 e. The molecule has 2 saturated heterocycles. The van der Waals surface area contributed by atoms with Crippen molar-refractivity contribution >= 4 is 17.7 Å². The lowest BCUT2D eigenvalue weighted by Gasteiger charge is -2.26. The van der Waals surface area contributed by atoms with Crippen molar-refractivity contribution in [3.8, 4) is 16.9 Å². The number of hydrogen-bond donors (Lipinski definition) is 0. The van der Waals surface area contributed by atoms with Crippen LogP contribution in [0.15, 0.2) is 60.8 Å². The molecule has 5 rings (SSSR count). The van der Waals surface area contributed by atoms with Gasteiger partial charge in [0.2, 0.25) is 5.91 Å². The third-order valence-electron chi connectivity index (χ3n) is 5.75. The molecule has 0 unspecified atom stereocenters. The molecule has 2 aliphatic rings. The van der Waals surface area contributed by atoms with Crippen molar-refractivity contribution in [1.29, 1.82) is 0 Å². The number of carbonyl (C=O) groups excluding carboxylic acids is 1. The second-order valence-electron chi connectivity index (χ2n) is 7.92. The van der Waals surface area contributed by atoms with Gasteiger partial charge in [0.1, 0.15) is 5.37 Å². The molecule has 2 aromatic carbocycles. The zero-order valence-electron chi connectivity index (χ0n) is 17.0. The predicted molar refractivity (Wildman–Crippen MR) is 120 cm³/mol. The average molecular weight is 420 g/mol. The molecule has 5 nitrogen and oxygen atoms in total. The van der Waals surface area contributed by atoms with Crippen molar-refractivity contribution in [2.45, 2.75) is 31.2 Å². The second-order valence-corrected chi connectivity index (χ2v) is 8.99. The molecule has 2 fully saturated rings. The topological polar surface area (TPSA) is 47.4 Å². The summed E-state index contributed by atoms with van der Waals surface area (Å²) >= 11 is 1.68. The minimum atomic E-state index is -0.0459. The number of rotatable bonds is 5. The van der Waals surface area contributed by atoms with E-state index in [1.165, 1.54) is 5.56 Å². The number of amides is 1. The highest BCUT2D eigenvalue weighted by Gasteiger charge is 2.37. The number of nitrogens with zero attached hydrogens (tertiary/aromatic N) is 3. The summed E-state index contributed by atoms with van der Waals surface area (Å²) < 4.78 is 7.75. The van der Waals surface area contributed by atoms with Crippen LogP contribution in [0.5, 0.6) is 0 Å². The Morgan fingerprint density at radius 1 is 1.13 bits per heavy atom. The molecule has 6 heteroatoms. The maximum atomic E-state index is 12.7. The van der Waals surface area contributed by atoms with Crippen LogP contribution in [-0.2, 0) is 9.53 Å². The lowest BCUT2D eigenvalue weighted by molar-refractivity contribution is -0.129. The zero-order valence-corrected chi connectivity index (χ0v) is 17.8. The van der Waals surface area contributed by atoms with Gasteiger partial charge in [-0.2, -0.15) is 5.10 Å². The Kier molecular flexibility index (Phi) is 5.35. The van der Waals surface area contributed by atoms with E-state index >= 15 is 0 Å². The molecule has 0 aliphatic carbocycles. The van der Waals surface area contributed by atoms with Gasteiger partial charge in [-0.25, -0.2) is 4.68 Å². The fourth-order valence-electron chi connectivity index (χ4n) is 4.13. The van der Waals surface area contributed by atoms with Crippen LogP contribution < -0.4 is 0 Å². The van der Waals surface area contributed by atoms with Crippen molar-refractivity contribution < 1.29 is 9.53 Å². The number of ether oxygens (including phenoxy) is 1. The molecule has 0 radical (unpaired) electrons. The summed E-state index contributed by atoms with van der Waals surface area (Å²) in [4.78, 5) is 14.7. The minimum Gasteiger partial charge on any atom is -0.376 e. The molecule has 0 spiro atoms. The third-order valence-corrected chi connectivity index (χ3v) is 6.98. The van der Waals surface area contributed by atoms with Gasteiger partial charge in [0.25, 0.3) is 0 Å². The molecule has 0 N–H and O–H groups in total. The molecule has 3 aromatic rings. The van der Waals surface area contributed by atoms with Gasteiger partial charge in [-0.1, -0.05) is 48.0 Å². The number of carbonyl (C=O) groups is 1. The van der Waals surface area contributed by atoms with E-state index in [9.17, 15) is 4.79 Å². The van der Waals surface area contributed by atoms with E-state index in [4.69, 9.17) is 9.84 Å². The van der Waals surface area contributed by atoms with Gasteiger partial charge in [-0.05, 0) is 31.9 Å². The Bertz CT molecular complexity index is 1030. The van der Waals surface area contributed by atoms with Crippen LogP contribution in [0.3, 0.4) is 0 Å². The number of para-hydroxylation sites is 1. The van der Waals surface area contributed by atoms with Crippen LogP contribution in [0, 0.1) is 6.92 Å². The first-order valence-corrected chi connectivity index (χ1v) is 11.5. The zero-order chi connectivity index (χ0) is 20.5. The quantitative estimate of drug-likeness (QED) is 0.606. The van der Waals surface area contributed by atoms with Gasteiger partial charge < -0.3 is 9.64 Å². The molecule has 1 amide bonds. The Labute approximate surface area is 181 Å². The number of hydrogen-bond acceptors (Lipinski definition) is 4. The standard InChI is InChI=1S/C24H25N3O2S/c1-17-9-11-18(12-10-17)23-21(15-27(25-23)19-6-3-2-4-7-19)24-26(22(28)16-30-24)14-20-8-5-13-29-20/h2-4,6-7,9-12,15,20,24H,5,8,13-14,16H2,1H3/t20-,24+/m0/s1. The Morgan fingerprint density at radius 3 is 2.67 bits per heavy atom. The van der Waals surface area contributed by atoms with Crippen LogP contribution in [0.2, 0.25) is 0 Å². The van der Waals surface area contributed by atoms with E-state index in [1.807, 2.05) is 39.9 Å². The molecular weight excluding hydrogens is 394 g/mol. The van der Waals surface area contributed by atoms with E-state index in [0.717, 1.165) is 42.0 Å². The third kappa shape index (κ3) is 3.77. The highest BCUT2D eigenvalue weighted by molar-refractivity contribution is 8.00. The summed E-state index contributed by atoms with van der Waals surface area (Å²) in [5.74, 6) is 0.684. The van der Waals surface area contributed by atoms with Crippen LogP contribution in [0.25, 0.3) is 16.9 Å². The normalized spacial score (nSPS) is 21.5. The summed E-state index contributed by atoms with van der Waals surface area (Å²) in [6.07, 6.45) is 4.33. The molecule has 154 valence electrons. The van der Waals surface area contributed by atoms with E-state index in [1.54, 1.807) is 11.8 Å². The van der Waals surface area contributed by atoms with Crippen LogP contribution >= 0.6 is 11.8 Å². The number of thioether (sulfide) groups is 1. The van der Waals surface area contributed by atoms with Gasteiger partial charge in [-0.15, -0.1) is 11.8 Å². The van der Waals surface area contributed by atoms with Gasteiger partial charge in [0.05, 0.1) is 23.2 Å². The Hall–Kier alpha value is -2.57. The monoisotopic (exact) mass is 419 g/mol. The maximum Gasteiger partial charge on any atom is 0.233 e. The van der Waals surface area contributed by atoms with Gasteiger partial charge in [-0.3, -0.25) is 4.79 Å². The molecule has 3 heterocycles. The average Bonchev–Trinajstić information content (AvgIpc) is 3.51. The van der Waals surface area contributed by atoms with Crippen LogP contribution in [-0.4, -0.2) is 45.6 Å². The minimum absolute atomic E-state index is 0.0459. The molecule has 2 atom stereocenters. The summed E-state index contributed by atoms with van der Waals surface area (Å²) in [5, 5.41) is 4.90. The van der Waals surface area contributed by atoms with E-state index in [0.29, 0.717) is 12.3 Å². The lowest BCUT2D eigenvalue weighted by Crippen LogP contribution is -2.35. The van der Waals surface area contributed by atoms with Gasteiger partial charge >= 0.3 is 0 Å². The predicted octanol–water partition coefficient (Wildman–Crippen LogP) is 4.60. The Balaban J connectivity index is 1.56. The first kappa shape index (κ1) is 19.4. The lowest BCUT2D eigenvalue weighted by atomic mass is 10.1. The summed E-state index contributed by atoms with van der Waals surface area (Å²) in [6, 6.07) is 18.6. The highest BCUT2D eigenvalue weighted by Crippen LogP contribution is 2.43. The molecule has 2 aliphatic heterocycles. The molecule has 30 heavy (non-hydrogen) atoms. The van der Waals surface area contributed by atoms with Gasteiger partial charge in [0.15, 0.2) is 0 Å². The number of benzene rings is 2. The van der Waals surface area contributed by atoms with Gasteiger partial charge in [0, 0.05) is 30.5 Å². The van der Waals surface area contributed by atoms with Crippen molar-refractivity contribution in [2.75, 3.05) is 18.9 Å². The van der Waals surface area contributed by atoms with E-state index in [2.05, 4.69) is 37.4 Å². The van der Waals surface area contributed by atoms with Crippen molar-refractivity contribution in [3.63, 3.8) is 0 Å². The summed E-state index contributed by atoms with van der Waals surface area (Å²) in [7, 11) is 0. The van der Waals surface area contributed by atoms with E-state index < -0.39 is 0 Å². The van der Waals surface area contributed by atoms with Crippen LogP contribution in [0.1, 0.15) is 29.3 Å². The second kappa shape index (κ2) is 8.28. The SMILES string of the molecule is Cc1ccc(-c2nn(-c3ccccc3)cc2[C@H]2SCC(=O)N2C[C@@H]2CCCO2)cc1. The molecule has 0 saturated carbocycles. The maximum absolute atomic E-state index is 12.7. The fraction of sp³-hybridized carbons (Fsp3) is 0.333. The van der Waals surface area contributed by atoms with E-state index in [-0.39, 0.29) is 17.4 Å². The first-order chi connectivity index (χ1) is 14.7. The van der Waals surface area contributed by atoms with Crippen molar-refractivity contribution in [3.05, 3.63) is 71.9 Å². The summed E-state index contributed by atoms with van der Waals surface area (Å²) in [5.41, 5.74) is 5.31. The number of aromatic nitrogens is 2. The highest BCUT2D eigenvalue weighted by atomic mass is 32.2. The Morgan fingerprint density at radius 2 is 1.93 bits per heavy atom. The molecule has 0 bridgehead atoms. The molecular formula is C24H25N3O2S. The first-order valence-electron chi connectivity index (χ1n) is 10.4. The summed E-state index contributed by atoms with van der Waals surface area (Å²) in [6.45, 7) is 3.54.